The highest BCUT2D eigenvalue weighted by atomic mass is 28.4. The van der Waals surface area contributed by atoms with Gasteiger partial charge in [0.05, 0.1) is 48.0 Å². The molecule has 3 aliphatic rings. The SMILES string of the molecule is C[C@H]1[C@H]([Si](C)(C)O)[C@@H](CCn2cc(C(CO)c3ccccc3)nn2)O[C@]12C(=O)N(Cc1cccc(N3CCNCC3=O)c1)c1ccc([N+](=O)[O-])cc12. The van der Waals surface area contributed by atoms with Crippen molar-refractivity contribution < 1.29 is 29.2 Å². The summed E-state index contributed by atoms with van der Waals surface area (Å²) in [6.07, 6.45) is 1.61. The van der Waals surface area contributed by atoms with Crippen molar-refractivity contribution in [1.29, 1.82) is 0 Å². The van der Waals surface area contributed by atoms with Crippen LogP contribution in [-0.4, -0.2) is 82.3 Å². The highest BCUT2D eigenvalue weighted by Gasteiger charge is 2.66. The topological polar surface area (TPSA) is 176 Å². The maximum Gasteiger partial charge on any atom is 0.269 e. The smallest absolute Gasteiger partial charge is 0.269 e. The molecule has 2 saturated heterocycles. The van der Waals surface area contributed by atoms with Crippen molar-refractivity contribution in [3.8, 4) is 0 Å². The first-order chi connectivity index (χ1) is 24.9. The Morgan fingerprint density at radius 1 is 1.12 bits per heavy atom. The van der Waals surface area contributed by atoms with Crippen LogP contribution in [0.15, 0.2) is 79.0 Å². The lowest BCUT2D eigenvalue weighted by Crippen LogP contribution is -2.48. The number of hydrogen-bond donors (Lipinski definition) is 3. The third kappa shape index (κ3) is 6.32. The van der Waals surface area contributed by atoms with E-state index in [0.29, 0.717) is 43.0 Å². The molecule has 3 aliphatic heterocycles. The number of nitro groups is 1. The molecule has 1 spiro atoms. The molecular formula is C37H43N7O7Si. The lowest BCUT2D eigenvalue weighted by molar-refractivity contribution is -0.385. The van der Waals surface area contributed by atoms with Crippen LogP contribution in [0.2, 0.25) is 18.6 Å². The van der Waals surface area contributed by atoms with Crippen LogP contribution in [0, 0.1) is 16.0 Å². The minimum absolute atomic E-state index is 0.0372. The molecule has 3 N–H and O–H groups in total. The van der Waals surface area contributed by atoms with Crippen molar-refractivity contribution in [3.63, 3.8) is 0 Å². The van der Waals surface area contributed by atoms with Gasteiger partial charge in [0.1, 0.15) is 0 Å². The highest BCUT2D eigenvalue weighted by Crippen LogP contribution is 2.60. The van der Waals surface area contributed by atoms with Gasteiger partial charge in [-0.2, -0.15) is 0 Å². The molecular weight excluding hydrogens is 683 g/mol. The molecule has 4 heterocycles. The minimum atomic E-state index is -3.01. The number of nitro benzene ring substituents is 1. The van der Waals surface area contributed by atoms with Gasteiger partial charge in [-0.15, -0.1) is 5.10 Å². The van der Waals surface area contributed by atoms with Gasteiger partial charge in [-0.25, -0.2) is 0 Å². The summed E-state index contributed by atoms with van der Waals surface area (Å²) in [5.41, 5.74) is 1.85. The summed E-state index contributed by atoms with van der Waals surface area (Å²) in [4.78, 5) is 54.1. The second-order valence-corrected chi connectivity index (χ2v) is 18.4. The second-order valence-electron chi connectivity index (χ2n) is 14.4. The Kier molecular flexibility index (Phi) is 9.56. The van der Waals surface area contributed by atoms with E-state index in [1.807, 2.05) is 74.6 Å². The molecule has 2 amide bonds. The molecule has 15 heteroatoms. The molecule has 1 unspecified atom stereocenters. The van der Waals surface area contributed by atoms with Crippen LogP contribution >= 0.6 is 0 Å². The summed E-state index contributed by atoms with van der Waals surface area (Å²) in [7, 11) is -3.01. The molecule has 0 radical (unpaired) electrons. The van der Waals surface area contributed by atoms with Crippen LogP contribution in [0.25, 0.3) is 0 Å². The average molecular weight is 726 g/mol. The number of anilines is 2. The number of amides is 2. The maximum atomic E-state index is 14.9. The maximum absolute atomic E-state index is 14.9. The number of aliphatic hydroxyl groups excluding tert-OH is 1. The third-order valence-corrected chi connectivity index (χ3v) is 13.3. The van der Waals surface area contributed by atoms with Crippen LogP contribution in [0.1, 0.15) is 41.6 Å². The lowest BCUT2D eigenvalue weighted by Gasteiger charge is -2.32. The van der Waals surface area contributed by atoms with E-state index in [-0.39, 0.29) is 43.1 Å². The molecule has 14 nitrogen and oxygen atoms in total. The van der Waals surface area contributed by atoms with Crippen molar-refractivity contribution in [3.05, 3.63) is 111 Å². The number of rotatable bonds is 11. The van der Waals surface area contributed by atoms with E-state index in [4.69, 9.17) is 4.74 Å². The van der Waals surface area contributed by atoms with Crippen LogP contribution in [0.5, 0.6) is 0 Å². The fourth-order valence-electron chi connectivity index (χ4n) is 8.39. The van der Waals surface area contributed by atoms with Crippen molar-refractivity contribution >= 4 is 37.2 Å². The lowest BCUT2D eigenvalue weighted by atomic mass is 9.82. The number of piperazine rings is 1. The van der Waals surface area contributed by atoms with Crippen LogP contribution in [0.4, 0.5) is 17.1 Å². The molecule has 2 fully saturated rings. The number of aromatic nitrogens is 3. The molecule has 5 atom stereocenters. The van der Waals surface area contributed by atoms with Gasteiger partial charge in [0.2, 0.25) is 5.91 Å². The van der Waals surface area contributed by atoms with Crippen molar-refractivity contribution in [2.45, 2.75) is 62.7 Å². The molecule has 3 aromatic carbocycles. The number of aryl methyl sites for hydroxylation is 1. The molecule has 0 bridgehead atoms. The highest BCUT2D eigenvalue weighted by molar-refractivity contribution is 6.71. The van der Waals surface area contributed by atoms with E-state index in [2.05, 4.69) is 15.6 Å². The number of nitrogens with zero attached hydrogens (tertiary/aromatic N) is 6. The van der Waals surface area contributed by atoms with E-state index in [0.717, 1.165) is 16.8 Å². The first-order valence-electron chi connectivity index (χ1n) is 17.6. The Morgan fingerprint density at radius 2 is 1.90 bits per heavy atom. The summed E-state index contributed by atoms with van der Waals surface area (Å²) in [6.45, 7) is 7.40. The second kappa shape index (κ2) is 14.0. The van der Waals surface area contributed by atoms with Gasteiger partial charge in [-0.3, -0.25) is 24.4 Å². The normalized spacial score (nSPS) is 23.8. The monoisotopic (exact) mass is 725 g/mol. The van der Waals surface area contributed by atoms with Gasteiger partial charge in [0.25, 0.3) is 11.6 Å². The Hall–Kier alpha value is -4.80. The Labute approximate surface area is 302 Å². The van der Waals surface area contributed by atoms with E-state index >= 15 is 0 Å². The van der Waals surface area contributed by atoms with E-state index in [9.17, 15) is 29.6 Å². The third-order valence-electron chi connectivity index (χ3n) is 10.8. The predicted molar refractivity (Wildman–Crippen MR) is 195 cm³/mol. The standard InChI is InChI=1S/C37H43N7O7Si/c1-24-35(52(2,3)50)33(14-16-41-22-31(39-40-41)29(23-45)26-9-5-4-6-10-26)51-37(24)30-19-28(44(48)49)12-13-32(30)43(36(37)47)21-25-8-7-11-27(18-25)42-17-15-38-20-34(42)46/h4-13,18-19,22,24,29,33,35,38,45,50H,14-17,20-21,23H2,1-3H3/t24-,29?,33+,35-,37+/m0/s1. The zero-order valence-corrected chi connectivity index (χ0v) is 30.4. The molecule has 52 heavy (non-hydrogen) atoms. The van der Waals surface area contributed by atoms with Crippen molar-refractivity contribution in [2.75, 3.05) is 36.0 Å². The number of non-ortho nitro benzene ring substituents is 1. The van der Waals surface area contributed by atoms with E-state index in [1.54, 1.807) is 26.7 Å². The number of nitrogens with one attached hydrogen (secondary N) is 1. The number of benzene rings is 3. The fourth-order valence-corrected chi connectivity index (χ4v) is 11.0. The van der Waals surface area contributed by atoms with Gasteiger partial charge in [0, 0.05) is 60.7 Å². The van der Waals surface area contributed by atoms with Gasteiger partial charge < -0.3 is 29.8 Å². The molecule has 4 aromatic rings. The summed E-state index contributed by atoms with van der Waals surface area (Å²) >= 11 is 0. The van der Waals surface area contributed by atoms with Crippen LogP contribution in [0.3, 0.4) is 0 Å². The first-order valence-corrected chi connectivity index (χ1v) is 20.6. The molecule has 0 saturated carbocycles. The van der Waals surface area contributed by atoms with Gasteiger partial charge in [-0.05, 0) is 48.8 Å². The van der Waals surface area contributed by atoms with Crippen molar-refractivity contribution in [1.82, 2.24) is 20.3 Å². The zero-order chi connectivity index (χ0) is 36.8. The number of ether oxygens (including phenoxy) is 1. The number of hydrogen-bond acceptors (Lipinski definition) is 10. The van der Waals surface area contributed by atoms with E-state index < -0.39 is 36.4 Å². The molecule has 0 aliphatic carbocycles. The van der Waals surface area contributed by atoms with Crippen LogP contribution in [-0.2, 0) is 33.0 Å². The first kappa shape index (κ1) is 35.6. The summed E-state index contributed by atoms with van der Waals surface area (Å²) in [5, 5.41) is 33.9. The van der Waals surface area contributed by atoms with Crippen molar-refractivity contribution in [2.24, 2.45) is 5.92 Å². The summed E-state index contributed by atoms with van der Waals surface area (Å²) in [6, 6.07) is 21.5. The van der Waals surface area contributed by atoms with E-state index in [1.165, 1.54) is 12.1 Å². The van der Waals surface area contributed by atoms with Gasteiger partial charge in [-0.1, -0.05) is 54.6 Å². The number of carbonyl (C=O) groups excluding carboxylic acids is 2. The van der Waals surface area contributed by atoms with Crippen LogP contribution < -0.4 is 15.1 Å². The molecule has 1 aromatic heterocycles. The number of carbonyl (C=O) groups is 2. The molecule has 7 rings (SSSR count). The summed E-state index contributed by atoms with van der Waals surface area (Å²) in [5.74, 6) is -1.24. The Balaban J connectivity index is 1.20. The predicted octanol–water partition coefficient (Wildman–Crippen LogP) is 3.68. The minimum Gasteiger partial charge on any atom is -0.432 e. The average Bonchev–Trinajstić information content (AvgIpc) is 3.78. The molecule has 272 valence electrons. The number of aliphatic hydroxyl groups is 1. The Morgan fingerprint density at radius 3 is 2.62 bits per heavy atom. The zero-order valence-electron chi connectivity index (χ0n) is 29.4. The quantitative estimate of drug-likeness (QED) is 0.118. The Bertz CT molecular complexity index is 1990. The fraction of sp³-hybridized carbons (Fsp3) is 0.405. The largest absolute Gasteiger partial charge is 0.432 e. The number of fused-ring (bicyclic) bond motifs is 2. The summed E-state index contributed by atoms with van der Waals surface area (Å²) < 4.78 is 8.58. The van der Waals surface area contributed by atoms with Gasteiger partial charge in [0.15, 0.2) is 13.9 Å². The van der Waals surface area contributed by atoms with Gasteiger partial charge >= 0.3 is 0 Å².